The van der Waals surface area contributed by atoms with Gasteiger partial charge in [-0.15, -0.1) is 0 Å². The van der Waals surface area contributed by atoms with Crippen LogP contribution < -0.4 is 0 Å². The van der Waals surface area contributed by atoms with Gasteiger partial charge in [0, 0.05) is 6.61 Å². The van der Waals surface area contributed by atoms with Crippen molar-refractivity contribution >= 4 is 0 Å². The molecule has 0 spiro atoms. The number of alkyl halides is 3. The highest BCUT2D eigenvalue weighted by Gasteiger charge is 2.29. The van der Waals surface area contributed by atoms with Crippen molar-refractivity contribution in [3.63, 3.8) is 0 Å². The van der Waals surface area contributed by atoms with E-state index in [4.69, 9.17) is 4.74 Å². The first kappa shape index (κ1) is 15.6. The Morgan fingerprint density at radius 2 is 1.57 bits per heavy atom. The van der Waals surface area contributed by atoms with E-state index in [0.29, 0.717) is 13.2 Å². The van der Waals surface area contributed by atoms with Crippen molar-refractivity contribution < 1.29 is 17.9 Å². The SMILES string of the molecule is CCOCc1ccc(-c2ccc(C(F)(F)F)cc2)cc1C. The molecule has 0 aliphatic heterocycles. The zero-order chi connectivity index (χ0) is 15.5. The molecule has 0 aliphatic carbocycles. The minimum atomic E-state index is -4.30. The van der Waals surface area contributed by atoms with Crippen molar-refractivity contribution in [2.75, 3.05) is 6.61 Å². The summed E-state index contributed by atoms with van der Waals surface area (Å²) in [4.78, 5) is 0. The van der Waals surface area contributed by atoms with Crippen LogP contribution in [0.25, 0.3) is 11.1 Å². The van der Waals surface area contributed by atoms with Crippen LogP contribution in [0.3, 0.4) is 0 Å². The van der Waals surface area contributed by atoms with E-state index in [1.165, 1.54) is 12.1 Å². The third kappa shape index (κ3) is 3.85. The Morgan fingerprint density at radius 3 is 2.10 bits per heavy atom. The van der Waals surface area contributed by atoms with Crippen LogP contribution in [-0.2, 0) is 17.5 Å². The first-order valence-corrected chi connectivity index (χ1v) is 6.76. The normalized spacial score (nSPS) is 11.7. The Morgan fingerprint density at radius 1 is 0.952 bits per heavy atom. The highest BCUT2D eigenvalue weighted by Crippen LogP contribution is 2.31. The largest absolute Gasteiger partial charge is 0.416 e. The van der Waals surface area contributed by atoms with Crippen LogP contribution in [0.5, 0.6) is 0 Å². The number of halogens is 3. The third-order valence-corrected chi connectivity index (χ3v) is 3.35. The van der Waals surface area contributed by atoms with Crippen LogP contribution in [0.1, 0.15) is 23.6 Å². The van der Waals surface area contributed by atoms with Gasteiger partial charge in [-0.25, -0.2) is 0 Å². The molecule has 1 nitrogen and oxygen atoms in total. The molecule has 2 aromatic rings. The van der Waals surface area contributed by atoms with Crippen LogP contribution >= 0.6 is 0 Å². The van der Waals surface area contributed by atoms with E-state index in [-0.39, 0.29) is 0 Å². The molecule has 0 heterocycles. The van der Waals surface area contributed by atoms with E-state index in [1.54, 1.807) is 0 Å². The van der Waals surface area contributed by atoms with E-state index in [2.05, 4.69) is 0 Å². The van der Waals surface area contributed by atoms with Crippen LogP contribution in [0, 0.1) is 6.92 Å². The Bertz CT molecular complexity index is 600. The zero-order valence-electron chi connectivity index (χ0n) is 12.0. The molecule has 2 aromatic carbocycles. The number of benzene rings is 2. The fourth-order valence-corrected chi connectivity index (χ4v) is 2.10. The monoisotopic (exact) mass is 294 g/mol. The second kappa shape index (κ2) is 6.31. The maximum atomic E-state index is 12.5. The van der Waals surface area contributed by atoms with E-state index in [0.717, 1.165) is 34.4 Å². The predicted molar refractivity (Wildman–Crippen MR) is 76.9 cm³/mol. The average Bonchev–Trinajstić information content (AvgIpc) is 2.45. The van der Waals surface area contributed by atoms with Crippen LogP contribution in [0.2, 0.25) is 0 Å². The molecule has 112 valence electrons. The van der Waals surface area contributed by atoms with Crippen molar-refractivity contribution in [3.8, 4) is 11.1 Å². The number of aryl methyl sites for hydroxylation is 1. The van der Waals surface area contributed by atoms with Crippen molar-refractivity contribution in [2.45, 2.75) is 26.6 Å². The van der Waals surface area contributed by atoms with Gasteiger partial charge in [-0.05, 0) is 48.2 Å². The van der Waals surface area contributed by atoms with Gasteiger partial charge in [0.2, 0.25) is 0 Å². The number of ether oxygens (including phenoxy) is 1. The Kier molecular flexibility index (Phi) is 4.68. The minimum Gasteiger partial charge on any atom is -0.377 e. The topological polar surface area (TPSA) is 9.23 Å². The second-order valence-corrected chi connectivity index (χ2v) is 4.85. The van der Waals surface area contributed by atoms with E-state index >= 15 is 0 Å². The number of rotatable bonds is 4. The van der Waals surface area contributed by atoms with Gasteiger partial charge in [0.1, 0.15) is 0 Å². The summed E-state index contributed by atoms with van der Waals surface area (Å²) in [5.41, 5.74) is 3.21. The van der Waals surface area contributed by atoms with Crippen molar-refractivity contribution in [3.05, 3.63) is 59.2 Å². The predicted octanol–water partition coefficient (Wildman–Crippen LogP) is 5.22. The summed E-state index contributed by atoms with van der Waals surface area (Å²) in [6.07, 6.45) is -4.30. The summed E-state index contributed by atoms with van der Waals surface area (Å²) in [5, 5.41) is 0. The van der Waals surface area contributed by atoms with Crippen molar-refractivity contribution in [1.82, 2.24) is 0 Å². The molecule has 0 amide bonds. The molecule has 0 fully saturated rings. The Hall–Kier alpha value is -1.81. The standard InChI is InChI=1S/C17H17F3O/c1-3-21-11-15-5-4-14(10-12(15)2)13-6-8-16(9-7-13)17(18,19)20/h4-10H,3,11H2,1-2H3. The Balaban J connectivity index is 2.24. The average molecular weight is 294 g/mol. The molecule has 0 bridgehead atoms. The molecule has 0 saturated carbocycles. The minimum absolute atomic E-state index is 0.551. The maximum Gasteiger partial charge on any atom is 0.416 e. The van der Waals surface area contributed by atoms with Crippen LogP contribution in [-0.4, -0.2) is 6.61 Å². The summed E-state index contributed by atoms with van der Waals surface area (Å²) >= 11 is 0. The molecule has 0 atom stereocenters. The quantitative estimate of drug-likeness (QED) is 0.751. The summed E-state index contributed by atoms with van der Waals surface area (Å²) in [5.74, 6) is 0. The molecular formula is C17H17F3O. The molecule has 0 N–H and O–H groups in total. The summed E-state index contributed by atoms with van der Waals surface area (Å²) in [6, 6.07) is 11.1. The highest BCUT2D eigenvalue weighted by molar-refractivity contribution is 5.65. The van der Waals surface area contributed by atoms with Gasteiger partial charge in [-0.2, -0.15) is 13.2 Å². The van der Waals surface area contributed by atoms with Gasteiger partial charge in [0.05, 0.1) is 12.2 Å². The molecule has 21 heavy (non-hydrogen) atoms. The van der Waals surface area contributed by atoms with Crippen LogP contribution in [0.15, 0.2) is 42.5 Å². The zero-order valence-corrected chi connectivity index (χ0v) is 12.0. The molecule has 0 aliphatic rings. The molecule has 4 heteroatoms. The molecule has 0 radical (unpaired) electrons. The van der Waals surface area contributed by atoms with Crippen LogP contribution in [0.4, 0.5) is 13.2 Å². The first-order chi connectivity index (χ1) is 9.91. The van der Waals surface area contributed by atoms with Gasteiger partial charge >= 0.3 is 6.18 Å². The fraction of sp³-hybridized carbons (Fsp3) is 0.294. The smallest absolute Gasteiger partial charge is 0.377 e. The molecular weight excluding hydrogens is 277 g/mol. The van der Waals surface area contributed by atoms with Gasteiger partial charge in [-0.3, -0.25) is 0 Å². The molecule has 0 aromatic heterocycles. The first-order valence-electron chi connectivity index (χ1n) is 6.76. The van der Waals surface area contributed by atoms with Gasteiger partial charge in [-0.1, -0.05) is 30.3 Å². The van der Waals surface area contributed by atoms with Crippen molar-refractivity contribution in [2.24, 2.45) is 0 Å². The molecule has 0 unspecified atom stereocenters. The highest BCUT2D eigenvalue weighted by atomic mass is 19.4. The lowest BCUT2D eigenvalue weighted by molar-refractivity contribution is -0.137. The lowest BCUT2D eigenvalue weighted by Gasteiger charge is -2.10. The lowest BCUT2D eigenvalue weighted by Crippen LogP contribution is -2.04. The molecule has 2 rings (SSSR count). The van der Waals surface area contributed by atoms with Crippen molar-refractivity contribution in [1.29, 1.82) is 0 Å². The summed E-state index contributed by atoms with van der Waals surface area (Å²) in [6.45, 7) is 5.11. The van der Waals surface area contributed by atoms with E-state index in [9.17, 15) is 13.2 Å². The van der Waals surface area contributed by atoms with Gasteiger partial charge < -0.3 is 4.74 Å². The number of hydrogen-bond acceptors (Lipinski definition) is 1. The Labute approximate surface area is 122 Å². The van der Waals surface area contributed by atoms with Gasteiger partial charge in [0.15, 0.2) is 0 Å². The fourth-order valence-electron chi connectivity index (χ4n) is 2.10. The number of hydrogen-bond donors (Lipinski definition) is 0. The summed E-state index contributed by atoms with van der Waals surface area (Å²) < 4.78 is 43.0. The third-order valence-electron chi connectivity index (χ3n) is 3.35. The second-order valence-electron chi connectivity index (χ2n) is 4.85. The van der Waals surface area contributed by atoms with Gasteiger partial charge in [0.25, 0.3) is 0 Å². The summed E-state index contributed by atoms with van der Waals surface area (Å²) in [7, 11) is 0. The lowest BCUT2D eigenvalue weighted by atomic mass is 9.99. The van der Waals surface area contributed by atoms with E-state index < -0.39 is 11.7 Å². The van der Waals surface area contributed by atoms with E-state index in [1.807, 2.05) is 32.0 Å². The molecule has 0 saturated heterocycles. The maximum absolute atomic E-state index is 12.5.